The third-order valence-electron chi connectivity index (χ3n) is 9.76. The van der Waals surface area contributed by atoms with Crippen LogP contribution in [0.1, 0.15) is 49.1 Å². The van der Waals surface area contributed by atoms with E-state index in [4.69, 9.17) is 4.74 Å². The van der Waals surface area contributed by atoms with Crippen LogP contribution in [-0.4, -0.2) is 91.0 Å². The van der Waals surface area contributed by atoms with Crippen LogP contribution in [0.4, 0.5) is 4.79 Å². The molecule has 2 aromatic rings. The Hall–Kier alpha value is -3.06. The van der Waals surface area contributed by atoms with Crippen molar-refractivity contribution in [2.24, 2.45) is 11.3 Å². The Bertz CT molecular complexity index is 1140. The smallest absolute Gasteiger partial charge is 0.320 e. The summed E-state index contributed by atoms with van der Waals surface area (Å²) in [7, 11) is 1.67. The van der Waals surface area contributed by atoms with Gasteiger partial charge in [-0.1, -0.05) is 42.5 Å². The molecular weight excluding hydrogens is 488 g/mol. The van der Waals surface area contributed by atoms with Crippen molar-refractivity contribution in [3.05, 3.63) is 65.7 Å². The third-order valence-corrected chi connectivity index (χ3v) is 9.76. The highest BCUT2D eigenvalue weighted by atomic mass is 16.5. The Kier molecular flexibility index (Phi) is 7.52. The first-order valence-electron chi connectivity index (χ1n) is 14.8. The van der Waals surface area contributed by atoms with E-state index in [0.717, 1.165) is 95.8 Å². The van der Waals surface area contributed by atoms with Gasteiger partial charge in [-0.25, -0.2) is 4.79 Å². The lowest BCUT2D eigenvalue weighted by Gasteiger charge is -2.39. The number of piperidine rings is 1. The number of carbonyl (C=O) groups is 2. The highest BCUT2D eigenvalue weighted by Gasteiger charge is 2.48. The standard InChI is InChI=1S/C32H42N4O3/c1-39-28-11-9-25(10-12-28)21-35-20-15-32(30(35)37)13-18-33(19-14-32)22-27-23-36(31(38)34-16-5-6-17-34)24-29(27)26-7-3-2-4-8-26/h2-4,7-12,27,29H,5-6,13-24H2,1H3/t27-,29+/m0/s1. The SMILES string of the molecule is COc1ccc(CN2CCC3(CCN(C[C@H]4CN(C(=O)N5CCCC5)C[C@@H]4c4ccccc4)CC3)C2=O)cc1. The Balaban J connectivity index is 1.07. The minimum Gasteiger partial charge on any atom is -0.497 e. The zero-order chi connectivity index (χ0) is 26.8. The predicted octanol–water partition coefficient (Wildman–Crippen LogP) is 4.44. The van der Waals surface area contributed by atoms with E-state index in [2.05, 4.69) is 57.2 Å². The number of amides is 3. The van der Waals surface area contributed by atoms with E-state index in [0.29, 0.717) is 24.3 Å². The van der Waals surface area contributed by atoms with Gasteiger partial charge in [-0.15, -0.1) is 0 Å². The quantitative estimate of drug-likeness (QED) is 0.554. The maximum Gasteiger partial charge on any atom is 0.320 e. The second-order valence-corrected chi connectivity index (χ2v) is 12.1. The number of ether oxygens (including phenoxy) is 1. The molecule has 0 radical (unpaired) electrons. The van der Waals surface area contributed by atoms with Gasteiger partial charge >= 0.3 is 6.03 Å². The first kappa shape index (κ1) is 26.2. The summed E-state index contributed by atoms with van der Waals surface area (Å²) in [6, 6.07) is 19.0. The van der Waals surface area contributed by atoms with Crippen molar-refractivity contribution in [2.45, 2.75) is 44.6 Å². The lowest BCUT2D eigenvalue weighted by atomic mass is 9.76. The van der Waals surface area contributed by atoms with Gasteiger partial charge in [0, 0.05) is 51.7 Å². The zero-order valence-electron chi connectivity index (χ0n) is 23.3. The van der Waals surface area contributed by atoms with Gasteiger partial charge < -0.3 is 24.3 Å². The molecule has 0 bridgehead atoms. The molecule has 0 aromatic heterocycles. The molecule has 4 heterocycles. The van der Waals surface area contributed by atoms with Gasteiger partial charge in [0.1, 0.15) is 5.75 Å². The van der Waals surface area contributed by atoms with Crippen molar-refractivity contribution >= 4 is 11.9 Å². The summed E-state index contributed by atoms with van der Waals surface area (Å²) < 4.78 is 5.27. The summed E-state index contributed by atoms with van der Waals surface area (Å²) in [4.78, 5) is 35.6. The maximum atomic E-state index is 13.6. The fourth-order valence-electron chi connectivity index (χ4n) is 7.35. The second-order valence-electron chi connectivity index (χ2n) is 12.1. The Morgan fingerprint density at radius 3 is 2.26 bits per heavy atom. The number of nitrogens with zero attached hydrogens (tertiary/aromatic N) is 4. The number of likely N-dealkylation sites (tertiary alicyclic amines) is 4. The van der Waals surface area contributed by atoms with Crippen molar-refractivity contribution in [1.29, 1.82) is 0 Å². The molecule has 0 N–H and O–H groups in total. The van der Waals surface area contributed by atoms with Crippen LogP contribution < -0.4 is 4.74 Å². The number of methoxy groups -OCH3 is 1. The minimum atomic E-state index is -0.199. The second kappa shape index (κ2) is 11.2. The Morgan fingerprint density at radius 1 is 0.872 bits per heavy atom. The molecule has 39 heavy (non-hydrogen) atoms. The van der Waals surface area contributed by atoms with Gasteiger partial charge in [-0.05, 0) is 74.4 Å². The van der Waals surface area contributed by atoms with Crippen LogP contribution in [0.5, 0.6) is 5.75 Å². The van der Waals surface area contributed by atoms with E-state index >= 15 is 0 Å². The molecule has 0 aliphatic carbocycles. The molecule has 2 aromatic carbocycles. The molecule has 208 valence electrons. The monoisotopic (exact) mass is 530 g/mol. The minimum absolute atomic E-state index is 0.199. The topological polar surface area (TPSA) is 56.3 Å². The molecule has 6 rings (SSSR count). The van der Waals surface area contributed by atoms with Crippen molar-refractivity contribution in [1.82, 2.24) is 19.6 Å². The van der Waals surface area contributed by atoms with E-state index < -0.39 is 0 Å². The highest BCUT2D eigenvalue weighted by molar-refractivity contribution is 5.85. The first-order chi connectivity index (χ1) is 19.0. The van der Waals surface area contributed by atoms with Crippen molar-refractivity contribution in [3.8, 4) is 5.75 Å². The summed E-state index contributed by atoms with van der Waals surface area (Å²) in [6.45, 7) is 7.85. The molecule has 4 fully saturated rings. The van der Waals surface area contributed by atoms with Gasteiger partial charge in [0.15, 0.2) is 0 Å². The van der Waals surface area contributed by atoms with Gasteiger partial charge in [0.2, 0.25) is 5.91 Å². The van der Waals surface area contributed by atoms with Crippen LogP contribution in [0.15, 0.2) is 54.6 Å². The van der Waals surface area contributed by atoms with Crippen molar-refractivity contribution in [3.63, 3.8) is 0 Å². The number of urea groups is 1. The molecule has 2 atom stereocenters. The lowest BCUT2D eigenvalue weighted by molar-refractivity contribution is -0.139. The molecule has 3 amide bonds. The van der Waals surface area contributed by atoms with Gasteiger partial charge in [0.05, 0.1) is 12.5 Å². The maximum absolute atomic E-state index is 13.6. The van der Waals surface area contributed by atoms with Gasteiger partial charge in [-0.3, -0.25) is 4.79 Å². The van der Waals surface area contributed by atoms with E-state index in [1.54, 1.807) is 7.11 Å². The Labute approximate surface area is 232 Å². The van der Waals surface area contributed by atoms with Gasteiger partial charge in [-0.2, -0.15) is 0 Å². The fourth-order valence-corrected chi connectivity index (χ4v) is 7.35. The molecule has 4 aliphatic heterocycles. The van der Waals surface area contributed by atoms with Gasteiger partial charge in [0.25, 0.3) is 0 Å². The van der Waals surface area contributed by atoms with E-state index in [9.17, 15) is 9.59 Å². The molecule has 4 saturated heterocycles. The third kappa shape index (κ3) is 5.38. The Morgan fingerprint density at radius 2 is 1.56 bits per heavy atom. The van der Waals surface area contributed by atoms with Crippen LogP contribution in [0.3, 0.4) is 0 Å². The molecule has 4 aliphatic rings. The average Bonchev–Trinajstić information content (AvgIpc) is 3.73. The van der Waals surface area contributed by atoms with Crippen molar-refractivity contribution in [2.75, 3.05) is 59.5 Å². The lowest BCUT2D eigenvalue weighted by Crippen LogP contribution is -2.46. The van der Waals surface area contributed by atoms with Crippen LogP contribution in [0.2, 0.25) is 0 Å². The number of carbonyl (C=O) groups excluding carboxylic acids is 2. The summed E-state index contributed by atoms with van der Waals surface area (Å²) in [5, 5.41) is 0. The van der Waals surface area contributed by atoms with Crippen LogP contribution in [-0.2, 0) is 11.3 Å². The largest absolute Gasteiger partial charge is 0.497 e. The zero-order valence-corrected chi connectivity index (χ0v) is 23.3. The number of hydrogen-bond donors (Lipinski definition) is 0. The molecule has 0 saturated carbocycles. The molecule has 7 heteroatoms. The van der Waals surface area contributed by atoms with E-state index in [1.807, 2.05) is 17.0 Å². The molecule has 0 unspecified atom stereocenters. The van der Waals surface area contributed by atoms with Crippen LogP contribution in [0, 0.1) is 11.3 Å². The summed E-state index contributed by atoms with van der Waals surface area (Å²) in [6.07, 6.45) is 5.08. The number of benzene rings is 2. The van der Waals surface area contributed by atoms with Crippen LogP contribution >= 0.6 is 0 Å². The number of hydrogen-bond acceptors (Lipinski definition) is 4. The van der Waals surface area contributed by atoms with Crippen molar-refractivity contribution < 1.29 is 14.3 Å². The fraction of sp³-hybridized carbons (Fsp3) is 0.562. The summed E-state index contributed by atoms with van der Waals surface area (Å²) in [5.41, 5.74) is 2.29. The summed E-state index contributed by atoms with van der Waals surface area (Å²) >= 11 is 0. The molecule has 7 nitrogen and oxygen atoms in total. The first-order valence-corrected chi connectivity index (χ1v) is 14.8. The average molecular weight is 531 g/mol. The summed E-state index contributed by atoms with van der Waals surface area (Å²) in [5.74, 6) is 1.96. The molecule has 1 spiro atoms. The van der Waals surface area contributed by atoms with Crippen LogP contribution in [0.25, 0.3) is 0 Å². The van der Waals surface area contributed by atoms with E-state index in [-0.39, 0.29) is 11.4 Å². The molecular formula is C32H42N4O3. The normalized spacial score (nSPS) is 25.2. The van der Waals surface area contributed by atoms with E-state index in [1.165, 1.54) is 5.56 Å². The number of rotatable bonds is 6. The predicted molar refractivity (Wildman–Crippen MR) is 152 cm³/mol. The highest BCUT2D eigenvalue weighted by Crippen LogP contribution is 2.43.